The first-order valence-electron chi connectivity index (χ1n) is 5.13. The molecule has 0 saturated carbocycles. The molecule has 0 saturated heterocycles. The Kier molecular flexibility index (Phi) is 3.41. The van der Waals surface area contributed by atoms with Gasteiger partial charge in [-0.05, 0) is 30.3 Å². The van der Waals surface area contributed by atoms with Gasteiger partial charge < -0.3 is 9.52 Å². The van der Waals surface area contributed by atoms with E-state index >= 15 is 0 Å². The van der Waals surface area contributed by atoms with Crippen molar-refractivity contribution in [2.45, 2.75) is 0 Å². The van der Waals surface area contributed by atoms with Gasteiger partial charge in [-0.3, -0.25) is 0 Å². The van der Waals surface area contributed by atoms with E-state index in [0.29, 0.717) is 0 Å². The predicted octanol–water partition coefficient (Wildman–Crippen LogP) is 3.46. The van der Waals surface area contributed by atoms with E-state index in [4.69, 9.17) is 9.52 Å². The molecule has 98 valence electrons. The molecule has 1 aromatic carbocycles. The van der Waals surface area contributed by atoms with E-state index in [2.05, 4.69) is 0 Å². The Morgan fingerprint density at radius 2 is 1.84 bits per heavy atom. The summed E-state index contributed by atoms with van der Waals surface area (Å²) >= 11 is 0. The highest BCUT2D eigenvalue weighted by atomic mass is 19.2. The summed E-state index contributed by atoms with van der Waals surface area (Å²) in [7, 11) is 0. The third-order valence-electron chi connectivity index (χ3n) is 2.32. The largest absolute Gasteiger partial charge is 0.478 e. The average molecular weight is 268 g/mol. The molecule has 2 rings (SSSR count). The molecule has 0 fully saturated rings. The van der Waals surface area contributed by atoms with Crippen molar-refractivity contribution in [2.75, 3.05) is 0 Å². The lowest BCUT2D eigenvalue weighted by Crippen LogP contribution is -1.92. The van der Waals surface area contributed by atoms with Gasteiger partial charge in [-0.1, -0.05) is 0 Å². The van der Waals surface area contributed by atoms with Crippen LogP contribution in [0.5, 0.6) is 0 Å². The quantitative estimate of drug-likeness (QED) is 0.685. The van der Waals surface area contributed by atoms with Gasteiger partial charge in [-0.25, -0.2) is 18.0 Å². The minimum Gasteiger partial charge on any atom is -0.478 e. The van der Waals surface area contributed by atoms with Crippen LogP contribution < -0.4 is 0 Å². The van der Waals surface area contributed by atoms with Gasteiger partial charge in [0, 0.05) is 6.08 Å². The van der Waals surface area contributed by atoms with Gasteiger partial charge in [0.25, 0.3) is 0 Å². The maximum atomic E-state index is 13.5. The van der Waals surface area contributed by atoms with Crippen molar-refractivity contribution in [1.29, 1.82) is 0 Å². The van der Waals surface area contributed by atoms with E-state index in [0.717, 1.165) is 24.3 Å². The fourth-order valence-electron chi connectivity index (χ4n) is 1.46. The summed E-state index contributed by atoms with van der Waals surface area (Å²) in [5.74, 6) is -5.28. The van der Waals surface area contributed by atoms with Crippen molar-refractivity contribution < 1.29 is 27.5 Å². The molecule has 0 radical (unpaired) electrons. The minimum atomic E-state index is -1.59. The Labute approximate surface area is 105 Å². The predicted molar refractivity (Wildman–Crippen MR) is 60.7 cm³/mol. The van der Waals surface area contributed by atoms with E-state index in [9.17, 15) is 18.0 Å². The third-order valence-corrected chi connectivity index (χ3v) is 2.32. The molecule has 3 nitrogen and oxygen atoms in total. The van der Waals surface area contributed by atoms with Crippen LogP contribution in [0.4, 0.5) is 13.2 Å². The third kappa shape index (κ3) is 2.67. The first-order chi connectivity index (χ1) is 8.99. The first-order valence-corrected chi connectivity index (χ1v) is 5.13. The van der Waals surface area contributed by atoms with Crippen LogP contribution in [-0.4, -0.2) is 11.1 Å². The highest BCUT2D eigenvalue weighted by Crippen LogP contribution is 2.27. The van der Waals surface area contributed by atoms with Crippen molar-refractivity contribution in [3.05, 3.63) is 53.6 Å². The Balaban J connectivity index is 2.38. The van der Waals surface area contributed by atoms with Crippen molar-refractivity contribution in [3.8, 4) is 11.3 Å². The molecule has 6 heteroatoms. The number of carboxylic acid groups (broad SMARTS) is 1. The smallest absolute Gasteiger partial charge is 0.328 e. The summed E-state index contributed by atoms with van der Waals surface area (Å²) in [6.07, 6.45) is 1.99. The van der Waals surface area contributed by atoms with Crippen LogP contribution in [0.15, 0.2) is 34.8 Å². The zero-order valence-corrected chi connectivity index (χ0v) is 9.36. The summed E-state index contributed by atoms with van der Waals surface area (Å²) in [5.41, 5.74) is -0.242. The number of hydrogen-bond donors (Lipinski definition) is 1. The van der Waals surface area contributed by atoms with Gasteiger partial charge in [0.15, 0.2) is 17.5 Å². The number of carboxylic acids is 1. The Morgan fingerprint density at radius 1 is 1.11 bits per heavy atom. The molecule has 0 spiro atoms. The second-order valence-corrected chi connectivity index (χ2v) is 3.60. The van der Waals surface area contributed by atoms with Gasteiger partial charge in [-0.15, -0.1) is 0 Å². The summed E-state index contributed by atoms with van der Waals surface area (Å²) in [6, 6.07) is 4.53. The van der Waals surface area contributed by atoms with Crippen LogP contribution in [0.1, 0.15) is 5.76 Å². The number of benzene rings is 1. The Hall–Kier alpha value is -2.50. The highest BCUT2D eigenvalue weighted by molar-refractivity contribution is 5.84. The summed E-state index contributed by atoms with van der Waals surface area (Å²) in [4.78, 5) is 10.3. The van der Waals surface area contributed by atoms with Crippen LogP contribution in [0.3, 0.4) is 0 Å². The monoisotopic (exact) mass is 268 g/mol. The van der Waals surface area contributed by atoms with E-state index in [-0.39, 0.29) is 17.1 Å². The molecule has 19 heavy (non-hydrogen) atoms. The zero-order valence-electron chi connectivity index (χ0n) is 9.36. The van der Waals surface area contributed by atoms with Gasteiger partial charge in [0.05, 0.1) is 5.56 Å². The van der Waals surface area contributed by atoms with E-state index in [1.165, 1.54) is 12.1 Å². The van der Waals surface area contributed by atoms with Gasteiger partial charge in [-0.2, -0.15) is 0 Å². The number of hydrogen-bond acceptors (Lipinski definition) is 2. The number of carbonyl (C=O) groups is 1. The summed E-state index contributed by atoms with van der Waals surface area (Å²) in [6.45, 7) is 0. The molecule has 1 heterocycles. The molecule has 0 unspecified atom stereocenters. The van der Waals surface area contributed by atoms with Gasteiger partial charge in [0.1, 0.15) is 11.5 Å². The van der Waals surface area contributed by atoms with Crippen molar-refractivity contribution in [2.24, 2.45) is 0 Å². The topological polar surface area (TPSA) is 50.4 Å². The van der Waals surface area contributed by atoms with Crippen molar-refractivity contribution >= 4 is 12.0 Å². The fourth-order valence-corrected chi connectivity index (χ4v) is 1.46. The van der Waals surface area contributed by atoms with Crippen LogP contribution in [0.2, 0.25) is 0 Å². The fraction of sp³-hybridized carbons (Fsp3) is 0. The second kappa shape index (κ2) is 5.01. The van der Waals surface area contributed by atoms with Crippen LogP contribution in [0, 0.1) is 17.5 Å². The number of furan rings is 1. The Bertz CT molecular complexity index is 659. The van der Waals surface area contributed by atoms with Gasteiger partial charge in [0.2, 0.25) is 0 Å². The second-order valence-electron chi connectivity index (χ2n) is 3.60. The molecule has 0 bridgehead atoms. The maximum absolute atomic E-state index is 13.5. The molecular formula is C13H7F3O3. The molecule has 2 aromatic rings. The first kappa shape index (κ1) is 12.9. The standard InChI is InChI=1S/C13H7F3O3/c14-9-4-3-8(12(15)13(9)16)10-5-1-7(19-10)2-6-11(17)18/h1-6H,(H,17,18). The molecule has 0 atom stereocenters. The van der Waals surface area contributed by atoms with Crippen molar-refractivity contribution in [1.82, 2.24) is 0 Å². The van der Waals surface area contributed by atoms with E-state index in [1.54, 1.807) is 0 Å². The van der Waals surface area contributed by atoms with Crippen LogP contribution in [0.25, 0.3) is 17.4 Å². The summed E-state index contributed by atoms with van der Waals surface area (Å²) < 4.78 is 44.4. The lowest BCUT2D eigenvalue weighted by molar-refractivity contribution is -0.131. The zero-order chi connectivity index (χ0) is 14.0. The van der Waals surface area contributed by atoms with Crippen LogP contribution >= 0.6 is 0 Å². The lowest BCUT2D eigenvalue weighted by atomic mass is 10.1. The van der Waals surface area contributed by atoms with E-state index < -0.39 is 23.4 Å². The van der Waals surface area contributed by atoms with E-state index in [1.807, 2.05) is 0 Å². The van der Waals surface area contributed by atoms with Gasteiger partial charge >= 0.3 is 5.97 Å². The molecule has 1 aromatic heterocycles. The van der Waals surface area contributed by atoms with Crippen LogP contribution in [-0.2, 0) is 4.79 Å². The highest BCUT2D eigenvalue weighted by Gasteiger charge is 2.16. The SMILES string of the molecule is O=C(O)C=Cc1ccc(-c2ccc(F)c(F)c2F)o1. The lowest BCUT2D eigenvalue weighted by Gasteiger charge is -2.01. The molecule has 0 aliphatic heterocycles. The minimum absolute atomic E-state index is 0.0264. The Morgan fingerprint density at radius 3 is 2.53 bits per heavy atom. The van der Waals surface area contributed by atoms with Crippen molar-refractivity contribution in [3.63, 3.8) is 0 Å². The molecule has 1 N–H and O–H groups in total. The maximum Gasteiger partial charge on any atom is 0.328 e. The molecule has 0 aliphatic carbocycles. The normalized spacial score (nSPS) is 11.1. The number of rotatable bonds is 3. The molecule has 0 aliphatic rings. The number of halogens is 3. The molecular weight excluding hydrogens is 261 g/mol. The molecule has 0 amide bonds. The number of aliphatic carboxylic acids is 1. The summed E-state index contributed by atoms with van der Waals surface area (Å²) in [5, 5.41) is 8.43. The average Bonchev–Trinajstić information content (AvgIpc) is 2.82.